The first-order chi connectivity index (χ1) is 7.86. The van der Waals surface area contributed by atoms with Gasteiger partial charge in [-0.15, -0.1) is 0 Å². The van der Waals surface area contributed by atoms with Crippen molar-refractivity contribution >= 4 is 0 Å². The minimum absolute atomic E-state index is 0.865. The fourth-order valence-electron chi connectivity index (χ4n) is 2.03. The Kier molecular flexibility index (Phi) is 6.82. The first-order valence-corrected chi connectivity index (χ1v) is 6.46. The van der Waals surface area contributed by atoms with Crippen LogP contribution in [0, 0.1) is 5.92 Å². The summed E-state index contributed by atoms with van der Waals surface area (Å²) >= 11 is 0. The molecule has 1 fully saturated rings. The number of nitrogens with zero attached hydrogens (tertiary/aromatic N) is 1. The molecule has 1 heterocycles. The molecule has 1 aliphatic carbocycles. The third kappa shape index (κ3) is 5.26. The summed E-state index contributed by atoms with van der Waals surface area (Å²) in [5, 5.41) is 0. The lowest BCUT2D eigenvalue weighted by molar-refractivity contribution is 0.366. The van der Waals surface area contributed by atoms with Crippen LogP contribution in [0.15, 0.2) is 24.4 Å². The van der Waals surface area contributed by atoms with E-state index in [1.54, 1.807) is 0 Å². The highest BCUT2D eigenvalue weighted by molar-refractivity contribution is 5.02. The lowest BCUT2D eigenvalue weighted by Gasteiger charge is -2.18. The van der Waals surface area contributed by atoms with Crippen LogP contribution < -0.4 is 5.73 Å². The fraction of sp³-hybridized carbons (Fsp3) is 0.643. The molecule has 2 rings (SSSR count). The molecule has 1 saturated carbocycles. The fourth-order valence-corrected chi connectivity index (χ4v) is 2.03. The van der Waals surface area contributed by atoms with Crippen molar-refractivity contribution in [3.8, 4) is 0 Å². The highest BCUT2D eigenvalue weighted by Gasteiger charge is 2.09. The van der Waals surface area contributed by atoms with E-state index in [1.807, 2.05) is 24.4 Å². The molecule has 0 bridgehead atoms. The lowest BCUT2D eigenvalue weighted by atomic mass is 9.90. The molecule has 0 radical (unpaired) electrons. The van der Waals surface area contributed by atoms with Crippen molar-refractivity contribution < 1.29 is 0 Å². The Bertz CT molecular complexity index is 253. The van der Waals surface area contributed by atoms with Crippen LogP contribution in [0.2, 0.25) is 0 Å². The third-order valence-corrected chi connectivity index (χ3v) is 3.15. The molecular formula is C14H24N2. The molecule has 16 heavy (non-hydrogen) atoms. The Morgan fingerprint density at radius 2 is 2.00 bits per heavy atom. The van der Waals surface area contributed by atoms with Crippen LogP contribution in [0.1, 0.15) is 44.7 Å². The van der Waals surface area contributed by atoms with Crippen molar-refractivity contribution in [2.75, 3.05) is 6.54 Å². The summed E-state index contributed by atoms with van der Waals surface area (Å²) in [7, 11) is 0. The highest BCUT2D eigenvalue weighted by Crippen LogP contribution is 2.21. The van der Waals surface area contributed by atoms with Gasteiger partial charge in [-0.2, -0.15) is 0 Å². The van der Waals surface area contributed by atoms with Crippen LogP contribution >= 0.6 is 0 Å². The molecule has 1 aromatic heterocycles. The van der Waals surface area contributed by atoms with Gasteiger partial charge in [-0.3, -0.25) is 4.98 Å². The molecule has 1 aliphatic rings. The predicted molar refractivity (Wildman–Crippen MR) is 69.2 cm³/mol. The zero-order chi connectivity index (χ0) is 11.6. The normalized spacial score (nSPS) is 16.4. The summed E-state index contributed by atoms with van der Waals surface area (Å²) in [4.78, 5) is 4.10. The molecule has 2 heteroatoms. The van der Waals surface area contributed by atoms with Crippen LogP contribution in [-0.4, -0.2) is 11.5 Å². The van der Waals surface area contributed by atoms with Crippen LogP contribution in [0.4, 0.5) is 0 Å². The average molecular weight is 220 g/mol. The molecule has 0 spiro atoms. The summed E-state index contributed by atoms with van der Waals surface area (Å²) in [6.45, 7) is 3.02. The Morgan fingerprint density at radius 3 is 2.38 bits per heavy atom. The average Bonchev–Trinajstić information content (AvgIpc) is 2.41. The molecule has 0 aliphatic heterocycles. The van der Waals surface area contributed by atoms with Gasteiger partial charge in [0, 0.05) is 11.9 Å². The second-order valence-corrected chi connectivity index (χ2v) is 4.41. The van der Waals surface area contributed by atoms with Gasteiger partial charge in [0.25, 0.3) is 0 Å². The number of nitrogens with two attached hydrogens (primary N) is 1. The summed E-state index contributed by atoms with van der Waals surface area (Å²) in [5.74, 6) is 0.865. The van der Waals surface area contributed by atoms with Gasteiger partial charge in [0.1, 0.15) is 0 Å². The van der Waals surface area contributed by atoms with Crippen LogP contribution in [0.5, 0.6) is 0 Å². The topological polar surface area (TPSA) is 38.9 Å². The van der Waals surface area contributed by atoms with Crippen LogP contribution in [-0.2, 0) is 6.42 Å². The van der Waals surface area contributed by atoms with Gasteiger partial charge in [-0.25, -0.2) is 0 Å². The van der Waals surface area contributed by atoms with E-state index < -0.39 is 0 Å². The van der Waals surface area contributed by atoms with Crippen molar-refractivity contribution in [2.45, 2.75) is 45.4 Å². The SMILES string of the molecule is CCc1ccccn1.NCC1CCCCC1. The number of hydrogen-bond acceptors (Lipinski definition) is 2. The Hall–Kier alpha value is -0.890. The second kappa shape index (κ2) is 8.28. The second-order valence-electron chi connectivity index (χ2n) is 4.41. The van der Waals surface area contributed by atoms with Crippen molar-refractivity contribution in [1.82, 2.24) is 4.98 Å². The minimum Gasteiger partial charge on any atom is -0.330 e. The van der Waals surface area contributed by atoms with Gasteiger partial charge >= 0.3 is 0 Å². The van der Waals surface area contributed by atoms with Gasteiger partial charge in [-0.1, -0.05) is 32.3 Å². The molecular weight excluding hydrogens is 196 g/mol. The largest absolute Gasteiger partial charge is 0.330 e. The number of pyridine rings is 1. The standard InChI is InChI=1S/C7H9N.C7H15N/c1-2-7-5-3-4-6-8-7;8-6-7-4-2-1-3-5-7/h3-6H,2H2,1H3;7H,1-6,8H2. The van der Waals surface area contributed by atoms with E-state index in [-0.39, 0.29) is 0 Å². The molecule has 0 saturated heterocycles. The first kappa shape index (κ1) is 13.2. The number of aromatic nitrogens is 1. The molecule has 0 aromatic carbocycles. The maximum absolute atomic E-state index is 5.50. The number of rotatable bonds is 2. The summed E-state index contributed by atoms with van der Waals surface area (Å²) in [6.07, 6.45) is 9.90. The predicted octanol–water partition coefficient (Wildman–Crippen LogP) is 3.17. The Morgan fingerprint density at radius 1 is 1.25 bits per heavy atom. The van der Waals surface area contributed by atoms with Crippen LogP contribution in [0.25, 0.3) is 0 Å². The Balaban J connectivity index is 0.000000160. The highest BCUT2D eigenvalue weighted by atomic mass is 14.6. The zero-order valence-electron chi connectivity index (χ0n) is 10.4. The number of aryl methyl sites for hydroxylation is 1. The molecule has 1 aromatic rings. The van der Waals surface area contributed by atoms with Crippen molar-refractivity contribution in [1.29, 1.82) is 0 Å². The van der Waals surface area contributed by atoms with Crippen molar-refractivity contribution in [3.05, 3.63) is 30.1 Å². The number of hydrogen-bond donors (Lipinski definition) is 1. The van der Waals surface area contributed by atoms with E-state index in [0.717, 1.165) is 24.6 Å². The van der Waals surface area contributed by atoms with E-state index >= 15 is 0 Å². The van der Waals surface area contributed by atoms with E-state index in [4.69, 9.17) is 5.73 Å². The maximum atomic E-state index is 5.50. The summed E-state index contributed by atoms with van der Waals surface area (Å²) in [6, 6.07) is 5.96. The molecule has 90 valence electrons. The zero-order valence-corrected chi connectivity index (χ0v) is 10.4. The summed E-state index contributed by atoms with van der Waals surface area (Å²) in [5.41, 5.74) is 6.66. The quantitative estimate of drug-likeness (QED) is 0.831. The van der Waals surface area contributed by atoms with E-state index in [9.17, 15) is 0 Å². The van der Waals surface area contributed by atoms with E-state index in [1.165, 1.54) is 32.1 Å². The van der Waals surface area contributed by atoms with Gasteiger partial charge in [0.05, 0.1) is 0 Å². The van der Waals surface area contributed by atoms with Crippen molar-refractivity contribution in [3.63, 3.8) is 0 Å². The van der Waals surface area contributed by atoms with Crippen LogP contribution in [0.3, 0.4) is 0 Å². The lowest BCUT2D eigenvalue weighted by Crippen LogP contribution is -2.16. The van der Waals surface area contributed by atoms with Gasteiger partial charge in [0.15, 0.2) is 0 Å². The molecule has 0 atom stereocenters. The minimum atomic E-state index is 0.865. The molecule has 0 unspecified atom stereocenters. The molecule has 0 amide bonds. The van der Waals surface area contributed by atoms with Gasteiger partial charge in [-0.05, 0) is 43.9 Å². The Labute approximate surface area is 99.3 Å². The van der Waals surface area contributed by atoms with Crippen molar-refractivity contribution in [2.24, 2.45) is 11.7 Å². The summed E-state index contributed by atoms with van der Waals surface area (Å²) < 4.78 is 0. The first-order valence-electron chi connectivity index (χ1n) is 6.46. The van der Waals surface area contributed by atoms with Gasteiger partial charge < -0.3 is 5.73 Å². The van der Waals surface area contributed by atoms with E-state index in [2.05, 4.69) is 11.9 Å². The third-order valence-electron chi connectivity index (χ3n) is 3.15. The van der Waals surface area contributed by atoms with Gasteiger partial charge in [0.2, 0.25) is 0 Å². The smallest absolute Gasteiger partial charge is 0.0400 e. The molecule has 2 nitrogen and oxygen atoms in total. The maximum Gasteiger partial charge on any atom is 0.0400 e. The monoisotopic (exact) mass is 220 g/mol. The molecule has 2 N–H and O–H groups in total. The van der Waals surface area contributed by atoms with E-state index in [0.29, 0.717) is 0 Å².